The molecule has 0 N–H and O–H groups in total. The molecule has 0 saturated heterocycles. The average Bonchev–Trinajstić information content (AvgIpc) is 3.46. The van der Waals surface area contributed by atoms with E-state index in [1.807, 2.05) is 12.1 Å². The lowest BCUT2D eigenvalue weighted by atomic mass is 9.95. The molecule has 0 amide bonds. The number of hydrogen-bond acceptors (Lipinski definition) is 9. The Morgan fingerprint density at radius 2 is 2.03 bits per heavy atom. The molecule has 0 spiro atoms. The number of hydrogen-bond donors (Lipinski definition) is 0. The van der Waals surface area contributed by atoms with Crippen molar-refractivity contribution in [3.63, 3.8) is 0 Å². The Labute approximate surface area is 209 Å². The second-order valence-electron chi connectivity index (χ2n) is 7.93. The fourth-order valence-electron chi connectivity index (χ4n) is 4.12. The average molecular weight is 504 g/mol. The lowest BCUT2D eigenvalue weighted by molar-refractivity contribution is -0.139. The monoisotopic (exact) mass is 503 g/mol. The zero-order valence-corrected chi connectivity index (χ0v) is 20.3. The summed E-state index contributed by atoms with van der Waals surface area (Å²) in [5, 5.41) is 8.67. The van der Waals surface area contributed by atoms with Gasteiger partial charge >= 0.3 is 5.97 Å². The van der Waals surface area contributed by atoms with Crippen molar-refractivity contribution < 1.29 is 23.7 Å². The molecule has 0 radical (unpaired) electrons. The third-order valence-corrected chi connectivity index (χ3v) is 6.69. The standard InChI is InChI=1S/C26H21N3O6S/c1-3-32-25(31)22-15(2)28-26-29(23(22)17-6-9-19-20(13-17)35-14-34-19)24(30)21(36-26)12-16-4-7-18(8-5-16)33-11-10-27/h4-9,12-13,23H,3,11,14H2,1-2H3/b21-12-/t23-/m1/s1. The fourth-order valence-corrected chi connectivity index (χ4v) is 5.16. The molecule has 0 aliphatic carbocycles. The molecule has 0 fully saturated rings. The molecule has 0 unspecified atom stereocenters. The number of nitrogens with zero attached hydrogens (tertiary/aromatic N) is 3. The minimum Gasteiger partial charge on any atom is -0.479 e. The van der Waals surface area contributed by atoms with Gasteiger partial charge in [0.25, 0.3) is 5.56 Å². The van der Waals surface area contributed by atoms with E-state index in [9.17, 15) is 9.59 Å². The number of rotatable bonds is 6. The molecule has 1 atom stereocenters. The first-order chi connectivity index (χ1) is 17.5. The van der Waals surface area contributed by atoms with E-state index in [2.05, 4.69) is 4.99 Å². The Morgan fingerprint density at radius 3 is 2.78 bits per heavy atom. The number of esters is 1. The van der Waals surface area contributed by atoms with Gasteiger partial charge in [0, 0.05) is 0 Å². The lowest BCUT2D eigenvalue weighted by Gasteiger charge is -2.24. The zero-order valence-electron chi connectivity index (χ0n) is 19.5. The summed E-state index contributed by atoms with van der Waals surface area (Å²) in [4.78, 5) is 31.7. The maximum atomic E-state index is 13.7. The second-order valence-corrected chi connectivity index (χ2v) is 8.94. The van der Waals surface area contributed by atoms with Crippen LogP contribution in [-0.2, 0) is 9.53 Å². The quantitative estimate of drug-likeness (QED) is 0.475. The van der Waals surface area contributed by atoms with E-state index >= 15 is 0 Å². The lowest BCUT2D eigenvalue weighted by Crippen LogP contribution is -2.39. The molecule has 10 heteroatoms. The Hall–Kier alpha value is -4.36. The number of aromatic nitrogens is 1. The Balaban J connectivity index is 1.63. The molecule has 0 bridgehead atoms. The van der Waals surface area contributed by atoms with Gasteiger partial charge in [-0.1, -0.05) is 29.5 Å². The highest BCUT2D eigenvalue weighted by Gasteiger charge is 2.34. The first-order valence-corrected chi connectivity index (χ1v) is 12.0. The highest BCUT2D eigenvalue weighted by atomic mass is 32.1. The van der Waals surface area contributed by atoms with Crippen LogP contribution >= 0.6 is 11.3 Å². The minimum atomic E-state index is -0.737. The fraction of sp³-hybridized carbons (Fsp3) is 0.231. The summed E-state index contributed by atoms with van der Waals surface area (Å²) < 4.78 is 23.6. The molecule has 2 aliphatic heterocycles. The number of fused-ring (bicyclic) bond motifs is 2. The van der Waals surface area contributed by atoms with Crippen LogP contribution in [0.2, 0.25) is 0 Å². The van der Waals surface area contributed by atoms with E-state index in [0.29, 0.717) is 43.4 Å². The van der Waals surface area contributed by atoms with Gasteiger partial charge in [-0.2, -0.15) is 5.26 Å². The molecule has 36 heavy (non-hydrogen) atoms. The van der Waals surface area contributed by atoms with E-state index < -0.39 is 12.0 Å². The molecule has 3 aromatic rings. The van der Waals surface area contributed by atoms with Crippen LogP contribution < -0.4 is 29.1 Å². The number of ether oxygens (including phenoxy) is 4. The number of carbonyl (C=O) groups is 1. The highest BCUT2D eigenvalue weighted by Crippen LogP contribution is 2.38. The number of benzene rings is 2. The van der Waals surface area contributed by atoms with Gasteiger partial charge in [0.1, 0.15) is 11.8 Å². The summed E-state index contributed by atoms with van der Waals surface area (Å²) in [5.74, 6) is 1.19. The predicted octanol–water partition coefficient (Wildman–Crippen LogP) is 2.43. The summed E-state index contributed by atoms with van der Waals surface area (Å²) in [7, 11) is 0. The molecular formula is C26H21N3O6S. The van der Waals surface area contributed by atoms with Gasteiger partial charge in [-0.15, -0.1) is 0 Å². The van der Waals surface area contributed by atoms with Crippen molar-refractivity contribution in [3.8, 4) is 23.3 Å². The van der Waals surface area contributed by atoms with E-state index in [0.717, 1.165) is 5.56 Å². The van der Waals surface area contributed by atoms with Crippen molar-refractivity contribution in [2.75, 3.05) is 20.0 Å². The Kier molecular flexibility index (Phi) is 6.31. The largest absolute Gasteiger partial charge is 0.479 e. The topological polar surface area (TPSA) is 112 Å². The van der Waals surface area contributed by atoms with Crippen LogP contribution in [0.1, 0.15) is 31.0 Å². The van der Waals surface area contributed by atoms with Crippen LogP contribution in [0.3, 0.4) is 0 Å². The summed E-state index contributed by atoms with van der Waals surface area (Å²) >= 11 is 1.24. The van der Waals surface area contributed by atoms with Crippen molar-refractivity contribution in [2.24, 2.45) is 4.99 Å². The van der Waals surface area contributed by atoms with Crippen LogP contribution in [0.4, 0.5) is 0 Å². The molecule has 1 aromatic heterocycles. The van der Waals surface area contributed by atoms with Crippen molar-refractivity contribution in [3.05, 3.63) is 84.5 Å². The summed E-state index contributed by atoms with van der Waals surface area (Å²) in [6.07, 6.45) is 1.76. The van der Waals surface area contributed by atoms with Crippen LogP contribution in [0.25, 0.3) is 6.08 Å². The van der Waals surface area contributed by atoms with Crippen molar-refractivity contribution in [2.45, 2.75) is 19.9 Å². The molecular weight excluding hydrogens is 482 g/mol. The third kappa shape index (κ3) is 4.25. The molecule has 2 aliphatic rings. The van der Waals surface area contributed by atoms with Crippen LogP contribution in [-0.4, -0.2) is 30.5 Å². The summed E-state index contributed by atoms with van der Waals surface area (Å²) in [5.41, 5.74) is 1.98. The van der Waals surface area contributed by atoms with E-state index in [1.54, 1.807) is 56.3 Å². The normalized spacial score (nSPS) is 16.2. The SMILES string of the molecule is CCOC(=O)C1=C(C)N=c2s/c(=C\c3ccc(OCC#N)cc3)c(=O)n2[C@@H]1c1ccc2c(c1)OCO2. The molecule has 9 nitrogen and oxygen atoms in total. The van der Waals surface area contributed by atoms with Crippen LogP contribution in [0.5, 0.6) is 17.2 Å². The minimum absolute atomic E-state index is 0.0417. The molecule has 5 rings (SSSR count). The van der Waals surface area contributed by atoms with Gasteiger partial charge < -0.3 is 18.9 Å². The zero-order chi connectivity index (χ0) is 25.2. The molecule has 3 heterocycles. The van der Waals surface area contributed by atoms with E-state index in [4.69, 9.17) is 24.2 Å². The van der Waals surface area contributed by atoms with Crippen molar-refractivity contribution >= 4 is 23.4 Å². The van der Waals surface area contributed by atoms with Gasteiger partial charge in [-0.25, -0.2) is 9.79 Å². The van der Waals surface area contributed by atoms with Gasteiger partial charge in [0.05, 0.1) is 28.5 Å². The first kappa shape index (κ1) is 23.4. The first-order valence-electron chi connectivity index (χ1n) is 11.2. The van der Waals surface area contributed by atoms with Crippen LogP contribution in [0, 0.1) is 11.3 Å². The van der Waals surface area contributed by atoms with Gasteiger partial charge in [-0.05, 0) is 55.3 Å². The van der Waals surface area contributed by atoms with Crippen molar-refractivity contribution in [1.29, 1.82) is 5.26 Å². The maximum absolute atomic E-state index is 13.7. The van der Waals surface area contributed by atoms with Crippen LogP contribution in [0.15, 0.2) is 63.5 Å². The van der Waals surface area contributed by atoms with E-state index in [1.165, 1.54) is 15.9 Å². The number of thiazole rings is 1. The maximum Gasteiger partial charge on any atom is 0.338 e. The van der Waals surface area contributed by atoms with Gasteiger partial charge in [0.15, 0.2) is 22.9 Å². The van der Waals surface area contributed by atoms with E-state index in [-0.39, 0.29) is 25.6 Å². The summed E-state index contributed by atoms with van der Waals surface area (Å²) in [6.45, 7) is 3.74. The Bertz CT molecular complexity index is 1590. The predicted molar refractivity (Wildman–Crippen MR) is 131 cm³/mol. The third-order valence-electron chi connectivity index (χ3n) is 5.71. The smallest absolute Gasteiger partial charge is 0.338 e. The number of carbonyl (C=O) groups excluding carboxylic acids is 1. The highest BCUT2D eigenvalue weighted by molar-refractivity contribution is 7.07. The second kappa shape index (κ2) is 9.71. The number of nitriles is 1. The Morgan fingerprint density at radius 1 is 1.25 bits per heavy atom. The van der Waals surface area contributed by atoms with Crippen molar-refractivity contribution in [1.82, 2.24) is 4.57 Å². The van der Waals surface area contributed by atoms with Gasteiger partial charge in [0.2, 0.25) is 6.79 Å². The number of allylic oxidation sites excluding steroid dienone is 1. The molecule has 0 saturated carbocycles. The molecule has 2 aromatic carbocycles. The summed E-state index contributed by atoms with van der Waals surface area (Å²) in [6, 6.07) is 13.6. The molecule has 182 valence electrons. The van der Waals surface area contributed by atoms with Gasteiger partial charge in [-0.3, -0.25) is 9.36 Å².